The van der Waals surface area contributed by atoms with E-state index in [4.69, 9.17) is 0 Å². The molecule has 1 fully saturated rings. The highest BCUT2D eigenvalue weighted by Crippen LogP contribution is 2.26. The Labute approximate surface area is 128 Å². The molecule has 0 heterocycles. The number of hydrogen-bond acceptors (Lipinski definition) is 3. The second-order valence-corrected chi connectivity index (χ2v) is 8.33. The van der Waals surface area contributed by atoms with Gasteiger partial charge in [-0.25, -0.2) is 12.7 Å². The molecule has 4 nitrogen and oxygen atoms in total. The van der Waals surface area contributed by atoms with E-state index >= 15 is 0 Å². The van der Waals surface area contributed by atoms with Crippen LogP contribution in [0.3, 0.4) is 0 Å². The third-order valence-electron chi connectivity index (χ3n) is 4.35. The van der Waals surface area contributed by atoms with E-state index in [1.54, 1.807) is 26.2 Å². The molecular weight excluding hydrogens is 284 g/mol. The van der Waals surface area contributed by atoms with Crippen molar-refractivity contribution in [1.82, 2.24) is 4.31 Å². The molecule has 0 amide bonds. The van der Waals surface area contributed by atoms with E-state index in [-0.39, 0.29) is 0 Å². The molecule has 0 bridgehead atoms. The predicted molar refractivity (Wildman–Crippen MR) is 87.0 cm³/mol. The Morgan fingerprint density at radius 1 is 1.05 bits per heavy atom. The minimum absolute atomic E-state index is 0.340. The molecule has 0 aromatic heterocycles. The first-order valence-electron chi connectivity index (χ1n) is 7.70. The number of benzene rings is 1. The van der Waals surface area contributed by atoms with Crippen LogP contribution in [0.2, 0.25) is 0 Å². The fourth-order valence-electron chi connectivity index (χ4n) is 2.86. The first-order valence-corrected chi connectivity index (χ1v) is 9.14. The lowest BCUT2D eigenvalue weighted by Crippen LogP contribution is -2.26. The Hall–Kier alpha value is -1.07. The van der Waals surface area contributed by atoms with Crippen molar-refractivity contribution in [3.8, 4) is 0 Å². The van der Waals surface area contributed by atoms with Crippen LogP contribution < -0.4 is 5.32 Å². The summed E-state index contributed by atoms with van der Waals surface area (Å²) in [7, 11) is -0.237. The van der Waals surface area contributed by atoms with Gasteiger partial charge in [-0.2, -0.15) is 0 Å². The molecule has 5 heteroatoms. The predicted octanol–water partition coefficient (Wildman–Crippen LogP) is 3.32. The zero-order valence-electron chi connectivity index (χ0n) is 13.2. The second kappa shape index (κ2) is 6.79. The molecule has 2 atom stereocenters. The topological polar surface area (TPSA) is 49.4 Å². The van der Waals surface area contributed by atoms with Gasteiger partial charge in [0.1, 0.15) is 0 Å². The van der Waals surface area contributed by atoms with Crippen molar-refractivity contribution in [3.63, 3.8) is 0 Å². The molecule has 1 aliphatic rings. The van der Waals surface area contributed by atoms with Crippen LogP contribution in [-0.4, -0.2) is 32.9 Å². The molecule has 0 radical (unpaired) electrons. The van der Waals surface area contributed by atoms with E-state index < -0.39 is 10.0 Å². The quantitative estimate of drug-likeness (QED) is 0.868. The summed E-state index contributed by atoms with van der Waals surface area (Å²) >= 11 is 0. The molecule has 0 aliphatic heterocycles. The molecule has 1 aromatic rings. The normalized spacial score (nSPS) is 23.8. The largest absolute Gasteiger partial charge is 0.382 e. The van der Waals surface area contributed by atoms with Crippen LogP contribution in [0.5, 0.6) is 0 Å². The van der Waals surface area contributed by atoms with E-state index in [0.29, 0.717) is 16.9 Å². The van der Waals surface area contributed by atoms with Crippen LogP contribution >= 0.6 is 0 Å². The fourth-order valence-corrected chi connectivity index (χ4v) is 3.76. The smallest absolute Gasteiger partial charge is 0.242 e. The highest BCUT2D eigenvalue weighted by atomic mass is 32.2. The summed E-state index contributed by atoms with van der Waals surface area (Å²) in [4.78, 5) is 0.340. The minimum atomic E-state index is -3.34. The molecule has 118 valence electrons. The lowest BCUT2D eigenvalue weighted by molar-refractivity contribution is 0.456. The van der Waals surface area contributed by atoms with Gasteiger partial charge in [-0.05, 0) is 43.0 Å². The molecule has 0 saturated heterocycles. The zero-order chi connectivity index (χ0) is 15.5. The number of nitrogens with one attached hydrogen (secondary N) is 1. The van der Waals surface area contributed by atoms with Gasteiger partial charge in [0.05, 0.1) is 4.90 Å². The summed E-state index contributed by atoms with van der Waals surface area (Å²) in [6.07, 6.45) is 6.38. The first kappa shape index (κ1) is 16.3. The lowest BCUT2D eigenvalue weighted by atomic mass is 9.97. The van der Waals surface area contributed by atoms with Crippen LogP contribution in [0.4, 0.5) is 5.69 Å². The van der Waals surface area contributed by atoms with Crippen molar-refractivity contribution in [2.45, 2.75) is 50.0 Å². The van der Waals surface area contributed by atoms with Crippen molar-refractivity contribution < 1.29 is 8.42 Å². The van der Waals surface area contributed by atoms with Gasteiger partial charge in [0.15, 0.2) is 0 Å². The van der Waals surface area contributed by atoms with Crippen molar-refractivity contribution in [2.24, 2.45) is 5.92 Å². The SMILES string of the molecule is CC1CCCCCC1Nc1ccc(S(=O)(=O)N(C)C)cc1. The van der Waals surface area contributed by atoms with Gasteiger partial charge in [0, 0.05) is 25.8 Å². The summed E-state index contributed by atoms with van der Waals surface area (Å²) in [6.45, 7) is 2.30. The maximum Gasteiger partial charge on any atom is 0.242 e. The Balaban J connectivity index is 2.09. The second-order valence-electron chi connectivity index (χ2n) is 6.18. The lowest BCUT2D eigenvalue weighted by Gasteiger charge is -2.24. The third-order valence-corrected chi connectivity index (χ3v) is 6.18. The van der Waals surface area contributed by atoms with Crippen LogP contribution in [-0.2, 0) is 10.0 Å². The number of hydrogen-bond donors (Lipinski definition) is 1. The van der Waals surface area contributed by atoms with Gasteiger partial charge in [0.2, 0.25) is 10.0 Å². The van der Waals surface area contributed by atoms with Gasteiger partial charge in [-0.15, -0.1) is 0 Å². The Morgan fingerprint density at radius 2 is 1.67 bits per heavy atom. The first-order chi connectivity index (χ1) is 9.91. The molecule has 2 unspecified atom stereocenters. The Kier molecular flexibility index (Phi) is 5.27. The van der Waals surface area contributed by atoms with Crippen LogP contribution in [0.1, 0.15) is 39.0 Å². The monoisotopic (exact) mass is 310 g/mol. The molecule has 0 spiro atoms. The molecule has 2 rings (SSSR count). The average molecular weight is 310 g/mol. The molecular formula is C16H26N2O2S. The molecule has 1 aromatic carbocycles. The third kappa shape index (κ3) is 3.98. The van der Waals surface area contributed by atoms with Crippen LogP contribution in [0.25, 0.3) is 0 Å². The van der Waals surface area contributed by atoms with Crippen LogP contribution in [0.15, 0.2) is 29.2 Å². The Bertz CT molecular complexity index is 552. The summed E-state index contributed by atoms with van der Waals surface area (Å²) in [5, 5.41) is 3.57. The van der Waals surface area contributed by atoms with Gasteiger partial charge in [-0.3, -0.25) is 0 Å². The highest BCUT2D eigenvalue weighted by molar-refractivity contribution is 7.89. The zero-order valence-corrected chi connectivity index (χ0v) is 14.0. The number of rotatable bonds is 4. The molecule has 1 saturated carbocycles. The van der Waals surface area contributed by atoms with Crippen molar-refractivity contribution in [3.05, 3.63) is 24.3 Å². The number of nitrogens with zero attached hydrogens (tertiary/aromatic N) is 1. The number of sulfonamides is 1. The maximum atomic E-state index is 12.0. The minimum Gasteiger partial charge on any atom is -0.382 e. The summed E-state index contributed by atoms with van der Waals surface area (Å²) < 4.78 is 25.3. The molecule has 1 aliphatic carbocycles. The molecule has 21 heavy (non-hydrogen) atoms. The van der Waals surface area contributed by atoms with Gasteiger partial charge in [-0.1, -0.05) is 26.2 Å². The van der Waals surface area contributed by atoms with Gasteiger partial charge in [0.25, 0.3) is 0 Å². The van der Waals surface area contributed by atoms with Crippen molar-refractivity contribution in [1.29, 1.82) is 0 Å². The van der Waals surface area contributed by atoms with Crippen molar-refractivity contribution >= 4 is 15.7 Å². The van der Waals surface area contributed by atoms with E-state index in [1.807, 2.05) is 12.1 Å². The van der Waals surface area contributed by atoms with E-state index in [1.165, 1.54) is 36.4 Å². The highest BCUT2D eigenvalue weighted by Gasteiger charge is 2.20. The average Bonchev–Trinajstić information content (AvgIpc) is 2.65. The standard InChI is InChI=1S/C16H26N2O2S/c1-13-7-5-4-6-8-16(13)17-14-9-11-15(12-10-14)21(19,20)18(2)3/h9-13,16-17H,4-8H2,1-3H3. The van der Waals surface area contributed by atoms with Crippen LogP contribution in [0, 0.1) is 5.92 Å². The van der Waals surface area contributed by atoms with E-state index in [9.17, 15) is 8.42 Å². The van der Waals surface area contributed by atoms with E-state index in [2.05, 4.69) is 12.2 Å². The van der Waals surface area contributed by atoms with Gasteiger partial charge >= 0.3 is 0 Å². The fraction of sp³-hybridized carbons (Fsp3) is 0.625. The van der Waals surface area contributed by atoms with E-state index in [0.717, 1.165) is 5.69 Å². The summed E-state index contributed by atoms with van der Waals surface area (Å²) in [5.41, 5.74) is 1.01. The van der Waals surface area contributed by atoms with Crippen molar-refractivity contribution in [2.75, 3.05) is 19.4 Å². The molecule has 1 N–H and O–H groups in total. The summed E-state index contributed by atoms with van der Waals surface area (Å²) in [6, 6.07) is 7.59. The maximum absolute atomic E-state index is 12.0. The Morgan fingerprint density at radius 3 is 2.29 bits per heavy atom. The number of anilines is 1. The van der Waals surface area contributed by atoms with Gasteiger partial charge < -0.3 is 5.32 Å². The summed E-state index contributed by atoms with van der Waals surface area (Å²) in [5.74, 6) is 0.665.